The van der Waals surface area contributed by atoms with Crippen molar-refractivity contribution in [3.63, 3.8) is 0 Å². The molecule has 432 valence electrons. The zero-order valence-corrected chi connectivity index (χ0v) is 49.4. The third kappa shape index (κ3) is 61.8. The second-order valence-corrected chi connectivity index (χ2v) is 19.8. The summed E-state index contributed by atoms with van der Waals surface area (Å²) in [6.45, 7) is 6.31. The summed E-state index contributed by atoms with van der Waals surface area (Å²) in [5, 5.41) is 0. The molecule has 0 rings (SSSR count). The summed E-state index contributed by atoms with van der Waals surface area (Å²) in [6.07, 6.45) is 92.4. The molecule has 0 aliphatic carbocycles. The van der Waals surface area contributed by atoms with Gasteiger partial charge in [0.15, 0.2) is 6.10 Å². The molecule has 0 aliphatic heterocycles. The zero-order chi connectivity index (χ0) is 55.7. The molecule has 0 heterocycles. The number of hydrogen-bond donors (Lipinski definition) is 0. The maximum atomic E-state index is 12.9. The van der Waals surface area contributed by atoms with Crippen LogP contribution in [-0.4, -0.2) is 37.2 Å². The number of unbranched alkanes of at least 4 members (excludes halogenated alkanes) is 17. The van der Waals surface area contributed by atoms with E-state index in [1.165, 1.54) is 70.6 Å². The van der Waals surface area contributed by atoms with Gasteiger partial charge in [-0.15, -0.1) is 0 Å². The van der Waals surface area contributed by atoms with E-state index in [0.717, 1.165) is 128 Å². The van der Waals surface area contributed by atoms with E-state index >= 15 is 0 Å². The minimum Gasteiger partial charge on any atom is -0.462 e. The summed E-state index contributed by atoms with van der Waals surface area (Å²) < 4.78 is 16.8. The molecule has 77 heavy (non-hydrogen) atoms. The lowest BCUT2D eigenvalue weighted by atomic mass is 10.1. The first-order valence-electron chi connectivity index (χ1n) is 31.0. The van der Waals surface area contributed by atoms with Crippen molar-refractivity contribution < 1.29 is 28.6 Å². The minimum atomic E-state index is -0.831. The molecule has 0 aromatic rings. The van der Waals surface area contributed by atoms with Gasteiger partial charge in [0.1, 0.15) is 13.2 Å². The van der Waals surface area contributed by atoms with Gasteiger partial charge in [-0.1, -0.05) is 249 Å². The lowest BCUT2D eigenvalue weighted by Gasteiger charge is -2.18. The largest absolute Gasteiger partial charge is 0.462 e. The Morgan fingerprint density at radius 3 is 0.857 bits per heavy atom. The number of carbonyl (C=O) groups excluding carboxylic acids is 3. The van der Waals surface area contributed by atoms with Crippen molar-refractivity contribution in [1.82, 2.24) is 0 Å². The molecule has 6 nitrogen and oxygen atoms in total. The fourth-order valence-electron chi connectivity index (χ4n) is 7.92. The van der Waals surface area contributed by atoms with E-state index in [4.69, 9.17) is 14.2 Å². The Hall–Kier alpha value is -4.97. The summed E-state index contributed by atoms with van der Waals surface area (Å²) >= 11 is 0. The van der Waals surface area contributed by atoms with E-state index in [2.05, 4.69) is 179 Å². The first kappa shape index (κ1) is 72.0. The molecule has 1 atom stereocenters. The molecule has 0 fully saturated rings. The molecule has 0 bridgehead atoms. The van der Waals surface area contributed by atoms with Crippen LogP contribution in [0.25, 0.3) is 0 Å². The highest BCUT2D eigenvalue weighted by atomic mass is 16.6. The van der Waals surface area contributed by atoms with Crippen LogP contribution in [0.3, 0.4) is 0 Å². The monoisotopic (exact) mass is 1060 g/mol. The van der Waals surface area contributed by atoms with Crippen LogP contribution in [0.1, 0.15) is 252 Å². The van der Waals surface area contributed by atoms with E-state index in [1.54, 1.807) is 0 Å². The maximum absolute atomic E-state index is 12.9. The summed E-state index contributed by atoms with van der Waals surface area (Å²) in [6, 6.07) is 0. The van der Waals surface area contributed by atoms with Gasteiger partial charge >= 0.3 is 17.9 Å². The van der Waals surface area contributed by atoms with Crippen molar-refractivity contribution in [2.75, 3.05) is 13.2 Å². The van der Waals surface area contributed by atoms with Crippen LogP contribution < -0.4 is 0 Å². The Morgan fingerprint density at radius 1 is 0.273 bits per heavy atom. The van der Waals surface area contributed by atoms with E-state index in [0.29, 0.717) is 19.3 Å². The molecular formula is C71H112O6. The molecular weight excluding hydrogens is 949 g/mol. The molecule has 0 saturated heterocycles. The second-order valence-electron chi connectivity index (χ2n) is 19.8. The molecule has 0 amide bonds. The Bertz CT molecular complexity index is 1740. The highest BCUT2D eigenvalue weighted by Gasteiger charge is 2.19. The van der Waals surface area contributed by atoms with Crippen molar-refractivity contribution in [3.8, 4) is 0 Å². The van der Waals surface area contributed by atoms with Crippen molar-refractivity contribution in [2.24, 2.45) is 0 Å². The van der Waals surface area contributed by atoms with Crippen molar-refractivity contribution in [2.45, 2.75) is 258 Å². The molecule has 0 aliphatic rings. The highest BCUT2D eigenvalue weighted by molar-refractivity contribution is 5.71. The van der Waals surface area contributed by atoms with Crippen LogP contribution >= 0.6 is 0 Å². The first-order chi connectivity index (χ1) is 38.0. The third-order valence-electron chi connectivity index (χ3n) is 12.5. The number of esters is 3. The molecule has 0 aromatic carbocycles. The lowest BCUT2D eigenvalue weighted by molar-refractivity contribution is -0.167. The van der Waals surface area contributed by atoms with Gasteiger partial charge in [0.25, 0.3) is 0 Å². The van der Waals surface area contributed by atoms with E-state index in [9.17, 15) is 14.4 Å². The van der Waals surface area contributed by atoms with E-state index in [1.807, 2.05) is 0 Å². The SMILES string of the molecule is CC/C=C\C/C=C\C/C=C\C/C=C\C/C=C\CCCCCC(=O)OC(COC(=O)CCC/C=C\C/C=C\C/C=C\C/C=C\C/C=C\CC)COC(=O)CCCCCCCCCC/C=C\C/C=C\C/C=C\CCCCCCC. The van der Waals surface area contributed by atoms with Gasteiger partial charge in [0.2, 0.25) is 0 Å². The topological polar surface area (TPSA) is 78.9 Å². The Balaban J connectivity index is 4.55. The third-order valence-corrected chi connectivity index (χ3v) is 12.5. The fourth-order valence-corrected chi connectivity index (χ4v) is 7.92. The fraction of sp³-hybridized carbons (Fsp3) is 0.592. The van der Waals surface area contributed by atoms with Gasteiger partial charge in [0, 0.05) is 19.3 Å². The summed E-state index contributed by atoms with van der Waals surface area (Å²) in [5.74, 6) is -1.03. The molecule has 0 spiro atoms. The number of rotatable bonds is 54. The van der Waals surface area contributed by atoms with Gasteiger partial charge in [-0.3, -0.25) is 14.4 Å². The summed E-state index contributed by atoms with van der Waals surface area (Å²) in [7, 11) is 0. The average Bonchev–Trinajstić information content (AvgIpc) is 3.43. The van der Waals surface area contributed by atoms with Gasteiger partial charge in [0.05, 0.1) is 0 Å². The number of ether oxygens (including phenoxy) is 3. The number of hydrogen-bond acceptors (Lipinski definition) is 6. The van der Waals surface area contributed by atoms with Gasteiger partial charge in [-0.05, 0) is 141 Å². The van der Waals surface area contributed by atoms with Crippen LogP contribution in [-0.2, 0) is 28.6 Å². The Kier molecular flexibility index (Phi) is 59.5. The Morgan fingerprint density at radius 2 is 0.519 bits per heavy atom. The van der Waals surface area contributed by atoms with Crippen LogP contribution in [0.2, 0.25) is 0 Å². The second kappa shape index (κ2) is 63.6. The van der Waals surface area contributed by atoms with Crippen molar-refractivity contribution >= 4 is 17.9 Å². The predicted molar refractivity (Wildman–Crippen MR) is 334 cm³/mol. The zero-order valence-electron chi connectivity index (χ0n) is 49.4. The minimum absolute atomic E-state index is 0.120. The number of carbonyl (C=O) groups is 3. The average molecular weight is 1060 g/mol. The van der Waals surface area contributed by atoms with Gasteiger partial charge in [-0.25, -0.2) is 0 Å². The smallest absolute Gasteiger partial charge is 0.306 e. The molecule has 0 aromatic heterocycles. The number of allylic oxidation sites excluding steroid dienone is 26. The Labute approximate surface area is 473 Å². The quantitative estimate of drug-likeness (QED) is 0.0261. The molecule has 0 N–H and O–H groups in total. The van der Waals surface area contributed by atoms with E-state index < -0.39 is 6.10 Å². The maximum Gasteiger partial charge on any atom is 0.306 e. The van der Waals surface area contributed by atoms with Crippen molar-refractivity contribution in [3.05, 3.63) is 158 Å². The first-order valence-corrected chi connectivity index (χ1v) is 31.0. The molecule has 6 heteroatoms. The molecule has 0 radical (unpaired) electrons. The molecule has 0 saturated carbocycles. The van der Waals surface area contributed by atoms with Crippen molar-refractivity contribution in [1.29, 1.82) is 0 Å². The van der Waals surface area contributed by atoms with Gasteiger partial charge in [-0.2, -0.15) is 0 Å². The van der Waals surface area contributed by atoms with Crippen LogP contribution in [0.4, 0.5) is 0 Å². The summed E-state index contributed by atoms with van der Waals surface area (Å²) in [4.78, 5) is 38.3. The van der Waals surface area contributed by atoms with Crippen LogP contribution in [0, 0.1) is 0 Å². The standard InChI is InChI=1S/C71H112O6/c1-4-7-10-13-16-19-22-25-28-31-33-34-35-36-38-40-43-46-49-52-55-58-61-64-70(73)76-67-68(66-75-69(72)63-60-57-54-51-48-45-42-39-30-27-24-21-18-15-12-9-6-3)77-71(74)65-62-59-56-53-50-47-44-41-37-32-29-26-23-20-17-14-11-8-5-2/h8-9,11-12,17-18,20-22,25-27,29-31,33,35-37,41-42,45,47,50-51,54,68H,4-7,10,13-16,19,23-24,28,32,34,38-40,43-44,46,48-49,52-53,55-67H2,1-3H3/b11-8-,12-9-,20-17-,21-18-,25-22-,29-26-,30-27-,33-31-,36-35-,41-37-,45-42-,50-47-,54-51-. The normalized spacial score (nSPS) is 13.2. The van der Waals surface area contributed by atoms with E-state index in [-0.39, 0.29) is 44.0 Å². The highest BCUT2D eigenvalue weighted by Crippen LogP contribution is 2.13. The predicted octanol–water partition coefficient (Wildman–Crippen LogP) is 21.3. The molecule has 1 unspecified atom stereocenters. The lowest BCUT2D eigenvalue weighted by Crippen LogP contribution is -2.30. The van der Waals surface area contributed by atoms with Gasteiger partial charge < -0.3 is 14.2 Å². The summed E-state index contributed by atoms with van der Waals surface area (Å²) in [5.41, 5.74) is 0. The van der Waals surface area contributed by atoms with Crippen LogP contribution in [0.5, 0.6) is 0 Å². The van der Waals surface area contributed by atoms with Crippen LogP contribution in [0.15, 0.2) is 158 Å².